The topological polar surface area (TPSA) is 21.6 Å². The molecule has 11 heavy (non-hydrogen) atoms. The number of ether oxygens (including phenoxy) is 1. The van der Waals surface area contributed by atoms with Crippen molar-refractivity contribution in [1.29, 1.82) is 0 Å². The Labute approximate surface area is 68.0 Å². The summed E-state index contributed by atoms with van der Waals surface area (Å²) >= 11 is 0. The van der Waals surface area contributed by atoms with E-state index in [0.717, 1.165) is 25.3 Å². The van der Waals surface area contributed by atoms with E-state index in [1.807, 2.05) is 0 Å². The molecule has 0 bridgehead atoms. The fourth-order valence-corrected chi connectivity index (χ4v) is 1.24. The number of aliphatic imine (C=N–C) groups is 1. The zero-order valence-corrected chi connectivity index (χ0v) is 7.26. The van der Waals surface area contributed by atoms with E-state index >= 15 is 0 Å². The molecule has 2 nitrogen and oxygen atoms in total. The quantitative estimate of drug-likeness (QED) is 0.563. The molecule has 0 unspecified atom stereocenters. The third kappa shape index (κ3) is 2.15. The molecule has 1 aliphatic rings. The van der Waals surface area contributed by atoms with E-state index in [0.29, 0.717) is 6.61 Å². The summed E-state index contributed by atoms with van der Waals surface area (Å²) in [5.74, 6) is 0. The predicted octanol–water partition coefficient (Wildman–Crippen LogP) is 1.81. The van der Waals surface area contributed by atoms with Crippen molar-refractivity contribution in [3.8, 4) is 0 Å². The van der Waals surface area contributed by atoms with E-state index in [9.17, 15) is 0 Å². The molecule has 0 aliphatic carbocycles. The lowest BCUT2D eigenvalue weighted by Gasteiger charge is -2.16. The first-order valence-electron chi connectivity index (χ1n) is 4.15. The molecule has 0 amide bonds. The molecule has 1 fully saturated rings. The molecule has 1 heterocycles. The van der Waals surface area contributed by atoms with Gasteiger partial charge in [0.2, 0.25) is 0 Å². The number of allylic oxidation sites excluding steroid dienone is 1. The summed E-state index contributed by atoms with van der Waals surface area (Å²) in [4.78, 5) is 4.36. The van der Waals surface area contributed by atoms with Crippen LogP contribution in [-0.4, -0.2) is 25.5 Å². The second kappa shape index (κ2) is 4.29. The average Bonchev–Trinajstić information content (AvgIpc) is 2.06. The Hall–Kier alpha value is -0.630. The number of nitrogens with zero attached hydrogens (tertiary/aromatic N) is 1. The number of hydrogen-bond acceptors (Lipinski definition) is 2. The minimum Gasteiger partial charge on any atom is -0.375 e. The Bertz CT molecular complexity index is 182. The number of hydrogen-bond donors (Lipinski definition) is 0. The van der Waals surface area contributed by atoms with Crippen LogP contribution >= 0.6 is 0 Å². The SMILES string of the molecule is C/C=C1/CCOCC1=NCC. The number of rotatable bonds is 1. The molecule has 0 atom stereocenters. The molecule has 0 N–H and O–H groups in total. The Morgan fingerprint density at radius 2 is 2.45 bits per heavy atom. The molecular formula is C9H15NO. The van der Waals surface area contributed by atoms with Crippen molar-refractivity contribution in [2.24, 2.45) is 4.99 Å². The molecule has 0 radical (unpaired) electrons. The van der Waals surface area contributed by atoms with Crippen LogP contribution in [-0.2, 0) is 4.74 Å². The summed E-state index contributed by atoms with van der Waals surface area (Å²) < 4.78 is 5.30. The molecule has 1 saturated heterocycles. The first-order valence-corrected chi connectivity index (χ1v) is 4.15. The zero-order valence-electron chi connectivity index (χ0n) is 7.26. The average molecular weight is 153 g/mol. The largest absolute Gasteiger partial charge is 0.375 e. The van der Waals surface area contributed by atoms with Crippen LogP contribution in [0.5, 0.6) is 0 Å². The molecule has 1 rings (SSSR count). The van der Waals surface area contributed by atoms with Crippen LogP contribution in [0, 0.1) is 0 Å². The molecule has 1 aliphatic heterocycles. The van der Waals surface area contributed by atoms with Crippen LogP contribution in [0.4, 0.5) is 0 Å². The van der Waals surface area contributed by atoms with E-state index in [1.54, 1.807) is 0 Å². The fourth-order valence-electron chi connectivity index (χ4n) is 1.24. The molecular weight excluding hydrogens is 138 g/mol. The summed E-state index contributed by atoms with van der Waals surface area (Å²) in [7, 11) is 0. The lowest BCUT2D eigenvalue weighted by Crippen LogP contribution is -2.20. The summed E-state index contributed by atoms with van der Waals surface area (Å²) in [6.45, 7) is 6.52. The third-order valence-electron chi connectivity index (χ3n) is 1.82. The van der Waals surface area contributed by atoms with Gasteiger partial charge in [-0.1, -0.05) is 6.08 Å². The molecule has 62 valence electrons. The molecule has 0 aromatic carbocycles. The van der Waals surface area contributed by atoms with Crippen LogP contribution in [0.2, 0.25) is 0 Å². The van der Waals surface area contributed by atoms with Gasteiger partial charge < -0.3 is 4.74 Å². The van der Waals surface area contributed by atoms with Crippen molar-refractivity contribution in [1.82, 2.24) is 0 Å². The van der Waals surface area contributed by atoms with E-state index in [-0.39, 0.29) is 0 Å². The lowest BCUT2D eigenvalue weighted by atomic mass is 10.1. The van der Waals surface area contributed by atoms with Crippen LogP contribution in [0.15, 0.2) is 16.6 Å². The van der Waals surface area contributed by atoms with Crippen molar-refractivity contribution in [3.63, 3.8) is 0 Å². The van der Waals surface area contributed by atoms with Crippen LogP contribution in [0.3, 0.4) is 0 Å². The fraction of sp³-hybridized carbons (Fsp3) is 0.667. The smallest absolute Gasteiger partial charge is 0.0886 e. The van der Waals surface area contributed by atoms with Crippen molar-refractivity contribution in [2.75, 3.05) is 19.8 Å². The highest BCUT2D eigenvalue weighted by Crippen LogP contribution is 2.10. The Morgan fingerprint density at radius 3 is 3.09 bits per heavy atom. The predicted molar refractivity (Wildman–Crippen MR) is 47.2 cm³/mol. The van der Waals surface area contributed by atoms with Crippen molar-refractivity contribution in [3.05, 3.63) is 11.6 Å². The maximum absolute atomic E-state index is 5.30. The van der Waals surface area contributed by atoms with Crippen molar-refractivity contribution in [2.45, 2.75) is 20.3 Å². The second-order valence-corrected chi connectivity index (χ2v) is 2.54. The summed E-state index contributed by atoms with van der Waals surface area (Å²) in [5.41, 5.74) is 2.50. The van der Waals surface area contributed by atoms with Gasteiger partial charge in [-0.05, 0) is 25.8 Å². The van der Waals surface area contributed by atoms with Gasteiger partial charge in [-0.25, -0.2) is 0 Å². The summed E-state index contributed by atoms with van der Waals surface area (Å²) in [5, 5.41) is 0. The van der Waals surface area contributed by atoms with Crippen molar-refractivity contribution < 1.29 is 4.74 Å². The molecule has 0 spiro atoms. The molecule has 0 aromatic rings. The zero-order chi connectivity index (χ0) is 8.10. The van der Waals surface area contributed by atoms with Crippen LogP contribution < -0.4 is 0 Å². The Balaban J connectivity index is 2.67. The van der Waals surface area contributed by atoms with E-state index in [1.165, 1.54) is 5.57 Å². The minimum absolute atomic E-state index is 0.702. The first kappa shape index (κ1) is 8.47. The molecule has 0 aromatic heterocycles. The maximum atomic E-state index is 5.30. The van der Waals surface area contributed by atoms with Crippen LogP contribution in [0.25, 0.3) is 0 Å². The van der Waals surface area contributed by atoms with E-state index in [4.69, 9.17) is 4.74 Å². The van der Waals surface area contributed by atoms with Gasteiger partial charge in [-0.15, -0.1) is 0 Å². The van der Waals surface area contributed by atoms with Gasteiger partial charge in [0, 0.05) is 6.54 Å². The summed E-state index contributed by atoms with van der Waals surface area (Å²) in [6, 6.07) is 0. The second-order valence-electron chi connectivity index (χ2n) is 2.54. The van der Waals surface area contributed by atoms with E-state index in [2.05, 4.69) is 24.9 Å². The van der Waals surface area contributed by atoms with E-state index < -0.39 is 0 Å². The van der Waals surface area contributed by atoms with Gasteiger partial charge in [0.1, 0.15) is 0 Å². The highest BCUT2D eigenvalue weighted by Gasteiger charge is 2.11. The molecule has 2 heteroatoms. The van der Waals surface area contributed by atoms with Gasteiger partial charge in [-0.3, -0.25) is 4.99 Å². The Morgan fingerprint density at radius 1 is 1.64 bits per heavy atom. The normalized spacial score (nSPS) is 26.4. The van der Waals surface area contributed by atoms with Gasteiger partial charge in [-0.2, -0.15) is 0 Å². The van der Waals surface area contributed by atoms with Crippen molar-refractivity contribution >= 4 is 5.71 Å². The Kier molecular flexibility index (Phi) is 3.30. The highest BCUT2D eigenvalue weighted by atomic mass is 16.5. The third-order valence-corrected chi connectivity index (χ3v) is 1.82. The maximum Gasteiger partial charge on any atom is 0.0886 e. The van der Waals surface area contributed by atoms with Gasteiger partial charge in [0.15, 0.2) is 0 Å². The summed E-state index contributed by atoms with van der Waals surface area (Å²) in [6.07, 6.45) is 3.16. The standard InChI is InChI=1S/C9H15NO/c1-3-8-5-6-11-7-9(8)10-4-2/h3H,4-7H2,1-2H3/b8-3-,10-9?. The first-order chi connectivity index (χ1) is 5.38. The van der Waals surface area contributed by atoms with Gasteiger partial charge >= 0.3 is 0 Å². The molecule has 0 saturated carbocycles. The van der Waals surface area contributed by atoms with Gasteiger partial charge in [0.25, 0.3) is 0 Å². The van der Waals surface area contributed by atoms with Gasteiger partial charge in [0.05, 0.1) is 18.9 Å². The lowest BCUT2D eigenvalue weighted by molar-refractivity contribution is 0.166. The monoisotopic (exact) mass is 153 g/mol. The minimum atomic E-state index is 0.702. The highest BCUT2D eigenvalue weighted by molar-refractivity contribution is 6.01. The van der Waals surface area contributed by atoms with Crippen LogP contribution in [0.1, 0.15) is 20.3 Å².